The van der Waals surface area contributed by atoms with Crippen LogP contribution in [-0.2, 0) is 20.6 Å². The third-order valence-electron chi connectivity index (χ3n) is 5.44. The lowest BCUT2D eigenvalue weighted by molar-refractivity contribution is -0.289. The van der Waals surface area contributed by atoms with Gasteiger partial charge in [-0.3, -0.25) is 5.23 Å². The van der Waals surface area contributed by atoms with E-state index in [9.17, 15) is 30.7 Å². The number of hydrogen-bond donors (Lipinski definition) is 7. The molecule has 0 unspecified atom stereocenters. The van der Waals surface area contributed by atoms with Gasteiger partial charge in [0, 0.05) is 6.54 Å². The minimum Gasteiger partial charge on any atom is -0.762 e. The van der Waals surface area contributed by atoms with E-state index in [0.717, 1.165) is 5.56 Å². The summed E-state index contributed by atoms with van der Waals surface area (Å²) in [7, 11) is 0. The minimum atomic E-state index is -1.88. The maximum absolute atomic E-state index is 10.6. The zero-order chi connectivity index (χ0) is 23.5. The standard InChI is InChI=1S/C19H28NO12/c21-8-19(26)9-30-18(16(19)25)29-7-12-13(22)14(23)15(24)17(32-12)31-11-3-1-10(2-4-11)5-6-20(27)28/h1-4,12-18,21-27H,5-9H2/q-1/t12-,13-,14+,15-,16-,17-,18-,19+/m0/s1. The molecule has 2 saturated heterocycles. The van der Waals surface area contributed by atoms with Crippen molar-refractivity contribution in [1.82, 2.24) is 5.23 Å². The summed E-state index contributed by atoms with van der Waals surface area (Å²) in [6, 6.07) is 6.36. The highest BCUT2D eigenvalue weighted by Crippen LogP contribution is 2.28. The first-order valence-electron chi connectivity index (χ1n) is 9.98. The molecule has 32 heavy (non-hydrogen) atoms. The Morgan fingerprint density at radius 1 is 1.06 bits per heavy atom. The molecule has 0 bridgehead atoms. The van der Waals surface area contributed by atoms with Gasteiger partial charge in [-0.15, -0.1) is 0 Å². The molecule has 0 saturated carbocycles. The van der Waals surface area contributed by atoms with Gasteiger partial charge in [0.05, 0.1) is 19.8 Å². The molecule has 0 spiro atoms. The Morgan fingerprint density at radius 2 is 1.75 bits per heavy atom. The minimum absolute atomic E-state index is 0.106. The highest BCUT2D eigenvalue weighted by molar-refractivity contribution is 5.27. The fourth-order valence-corrected chi connectivity index (χ4v) is 3.37. The van der Waals surface area contributed by atoms with Gasteiger partial charge in [0.1, 0.15) is 41.9 Å². The Bertz CT molecular complexity index is 721. The van der Waals surface area contributed by atoms with Crippen LogP contribution in [0, 0.1) is 5.21 Å². The number of rotatable bonds is 9. The Balaban J connectivity index is 1.58. The molecule has 2 heterocycles. The van der Waals surface area contributed by atoms with E-state index in [0.29, 0.717) is 6.42 Å². The number of hydroxylamine groups is 2. The lowest BCUT2D eigenvalue weighted by Gasteiger charge is -2.40. The van der Waals surface area contributed by atoms with Crippen molar-refractivity contribution in [3.8, 4) is 5.75 Å². The molecule has 2 aliphatic heterocycles. The molecule has 3 rings (SSSR count). The first-order chi connectivity index (χ1) is 15.1. The largest absolute Gasteiger partial charge is 0.762 e. The van der Waals surface area contributed by atoms with Gasteiger partial charge in [-0.25, -0.2) is 0 Å². The normalized spacial score (nSPS) is 37.7. The summed E-state index contributed by atoms with van der Waals surface area (Å²) in [4.78, 5) is 0. The lowest BCUT2D eigenvalue weighted by Crippen LogP contribution is -2.60. The molecule has 8 atom stereocenters. The smallest absolute Gasteiger partial charge is 0.229 e. The highest BCUT2D eigenvalue weighted by atomic mass is 16.8. The van der Waals surface area contributed by atoms with Gasteiger partial charge in [0.25, 0.3) is 0 Å². The number of aliphatic hydroxyl groups is 6. The maximum Gasteiger partial charge on any atom is 0.229 e. The van der Waals surface area contributed by atoms with Crippen molar-refractivity contribution >= 4 is 0 Å². The van der Waals surface area contributed by atoms with Crippen LogP contribution in [0.3, 0.4) is 0 Å². The summed E-state index contributed by atoms with van der Waals surface area (Å²) in [5.41, 5.74) is -1.13. The van der Waals surface area contributed by atoms with Crippen LogP contribution in [0.15, 0.2) is 24.3 Å². The van der Waals surface area contributed by atoms with E-state index in [1.54, 1.807) is 24.3 Å². The van der Waals surface area contributed by atoms with E-state index in [1.165, 1.54) is 0 Å². The summed E-state index contributed by atoms with van der Waals surface area (Å²) in [6.07, 6.45) is -9.86. The summed E-state index contributed by atoms with van der Waals surface area (Å²) < 4.78 is 21.6. The first-order valence-corrected chi connectivity index (χ1v) is 9.98. The highest BCUT2D eigenvalue weighted by Gasteiger charge is 2.50. The fourth-order valence-electron chi connectivity index (χ4n) is 3.37. The Hall–Kier alpha value is -1.46. The second-order valence-corrected chi connectivity index (χ2v) is 7.82. The summed E-state index contributed by atoms with van der Waals surface area (Å²) >= 11 is 0. The number of benzene rings is 1. The second kappa shape index (κ2) is 10.6. The van der Waals surface area contributed by atoms with Crippen LogP contribution in [0.5, 0.6) is 5.75 Å². The monoisotopic (exact) mass is 462 g/mol. The van der Waals surface area contributed by atoms with E-state index in [1.807, 2.05) is 0 Å². The topological polar surface area (TPSA) is 205 Å². The Kier molecular flexibility index (Phi) is 8.37. The second-order valence-electron chi connectivity index (χ2n) is 7.82. The molecule has 7 N–H and O–H groups in total. The van der Waals surface area contributed by atoms with Crippen LogP contribution in [0.2, 0.25) is 0 Å². The van der Waals surface area contributed by atoms with Gasteiger partial charge >= 0.3 is 0 Å². The van der Waals surface area contributed by atoms with Crippen molar-refractivity contribution in [2.45, 2.75) is 55.1 Å². The molecule has 13 nitrogen and oxygen atoms in total. The molecular formula is C19H28NO12-. The third-order valence-corrected chi connectivity index (χ3v) is 5.44. The zero-order valence-corrected chi connectivity index (χ0v) is 17.0. The van der Waals surface area contributed by atoms with Gasteiger partial charge in [-0.1, -0.05) is 12.1 Å². The van der Waals surface area contributed by atoms with E-state index >= 15 is 0 Å². The third kappa shape index (κ3) is 5.72. The number of aliphatic hydroxyl groups excluding tert-OH is 5. The predicted octanol–water partition coefficient (Wildman–Crippen LogP) is -2.94. The summed E-state index contributed by atoms with van der Waals surface area (Å²) in [6.45, 7) is -1.60. The van der Waals surface area contributed by atoms with Crippen LogP contribution < -0.4 is 4.74 Å². The Morgan fingerprint density at radius 3 is 2.34 bits per heavy atom. The summed E-state index contributed by atoms with van der Waals surface area (Å²) in [5.74, 6) is 0.270. The lowest BCUT2D eigenvalue weighted by atomic mass is 9.99. The van der Waals surface area contributed by atoms with Crippen LogP contribution >= 0.6 is 0 Å². The quantitative estimate of drug-likeness (QED) is 0.184. The molecule has 182 valence electrons. The molecule has 0 amide bonds. The molecular weight excluding hydrogens is 434 g/mol. The molecule has 0 aromatic heterocycles. The van der Waals surface area contributed by atoms with Crippen molar-refractivity contribution in [3.63, 3.8) is 0 Å². The SMILES string of the molecule is [O-]N(O)CCc1ccc(O[C@H]2O[C@@H](CO[C@H]3OC[C@](O)(CO)[C@H]3O)[C@H](O)[C@@H](O)[C@@H]2O)cc1. The van der Waals surface area contributed by atoms with Gasteiger partial charge in [0.2, 0.25) is 6.29 Å². The average molecular weight is 462 g/mol. The molecule has 0 radical (unpaired) electrons. The molecule has 13 heteroatoms. The van der Waals surface area contributed by atoms with Crippen molar-refractivity contribution < 1.29 is 54.8 Å². The average Bonchev–Trinajstić information content (AvgIpc) is 3.07. The van der Waals surface area contributed by atoms with Crippen molar-refractivity contribution in [2.24, 2.45) is 0 Å². The predicted molar refractivity (Wildman–Crippen MR) is 103 cm³/mol. The van der Waals surface area contributed by atoms with Gasteiger partial charge < -0.3 is 60.0 Å². The molecule has 0 aliphatic carbocycles. The molecule has 1 aromatic rings. The van der Waals surface area contributed by atoms with Gasteiger partial charge in [-0.2, -0.15) is 0 Å². The maximum atomic E-state index is 10.6. The van der Waals surface area contributed by atoms with Gasteiger partial charge in [-0.05, 0) is 24.1 Å². The van der Waals surface area contributed by atoms with Crippen molar-refractivity contribution in [1.29, 1.82) is 0 Å². The van der Waals surface area contributed by atoms with Crippen LogP contribution in [0.25, 0.3) is 0 Å². The number of nitrogens with zero attached hydrogens (tertiary/aromatic N) is 1. The fraction of sp³-hybridized carbons (Fsp3) is 0.684. The van der Waals surface area contributed by atoms with E-state index < -0.39 is 55.3 Å². The first kappa shape index (κ1) is 25.2. The zero-order valence-electron chi connectivity index (χ0n) is 17.0. The number of hydrogen-bond acceptors (Lipinski definition) is 13. The van der Waals surface area contributed by atoms with E-state index in [2.05, 4.69) is 0 Å². The Labute approximate surface area is 183 Å². The van der Waals surface area contributed by atoms with Crippen molar-refractivity contribution in [2.75, 3.05) is 26.4 Å². The van der Waals surface area contributed by atoms with Crippen LogP contribution in [0.4, 0.5) is 0 Å². The van der Waals surface area contributed by atoms with Gasteiger partial charge in [0.15, 0.2) is 6.29 Å². The number of ether oxygens (including phenoxy) is 4. The van der Waals surface area contributed by atoms with E-state index in [4.69, 9.17) is 29.3 Å². The van der Waals surface area contributed by atoms with Crippen LogP contribution in [0.1, 0.15) is 5.56 Å². The van der Waals surface area contributed by atoms with E-state index in [-0.39, 0.29) is 30.7 Å². The molecule has 1 aromatic carbocycles. The van der Waals surface area contributed by atoms with Crippen LogP contribution in [-0.4, -0.2) is 116 Å². The molecule has 2 fully saturated rings. The molecule has 2 aliphatic rings. The van der Waals surface area contributed by atoms with Crippen molar-refractivity contribution in [3.05, 3.63) is 35.0 Å². The summed E-state index contributed by atoms with van der Waals surface area (Å²) in [5, 5.41) is 78.8.